The highest BCUT2D eigenvalue weighted by atomic mass is 16.2. The van der Waals surface area contributed by atoms with Crippen molar-refractivity contribution in [2.24, 2.45) is 5.92 Å². The third kappa shape index (κ3) is 3.81. The zero-order valence-electron chi connectivity index (χ0n) is 19.6. The molecule has 1 amide bonds. The Kier molecular flexibility index (Phi) is 5.47. The van der Waals surface area contributed by atoms with Crippen LogP contribution in [0, 0.1) is 5.92 Å². The Morgan fingerprint density at radius 3 is 2.55 bits per heavy atom. The Balaban J connectivity index is 1.44. The molecule has 1 aliphatic rings. The standard InChI is InChI=1S/C24H30N8O/c1-5-19(6-2)30-14-18(12-27-30)23-22-7-8-25-32(22)15-21(28-23)17-11-26-31(13-17)20-9-16(10-20)24(33)29(3)4/h7-8,11-16,19-20H,5-6,9-10H2,1-4H3/t16-,20+. The number of hydrogen-bond acceptors (Lipinski definition) is 5. The Morgan fingerprint density at radius 1 is 1.06 bits per heavy atom. The second kappa shape index (κ2) is 8.46. The van der Waals surface area contributed by atoms with Gasteiger partial charge < -0.3 is 4.90 Å². The lowest BCUT2D eigenvalue weighted by Gasteiger charge is -2.35. The second-order valence-corrected chi connectivity index (χ2v) is 9.08. The average molecular weight is 447 g/mol. The van der Waals surface area contributed by atoms with Gasteiger partial charge in [0.1, 0.15) is 0 Å². The highest BCUT2D eigenvalue weighted by Crippen LogP contribution is 2.39. The van der Waals surface area contributed by atoms with Gasteiger partial charge in [0.25, 0.3) is 0 Å². The van der Waals surface area contributed by atoms with Gasteiger partial charge in [0, 0.05) is 43.5 Å². The highest BCUT2D eigenvalue weighted by molar-refractivity contribution is 5.79. The third-order valence-electron chi connectivity index (χ3n) is 6.76. The van der Waals surface area contributed by atoms with Crippen LogP contribution in [-0.4, -0.2) is 59.1 Å². The number of fused-ring (bicyclic) bond motifs is 1. The largest absolute Gasteiger partial charge is 0.349 e. The molecule has 4 aromatic rings. The van der Waals surface area contributed by atoms with Crippen LogP contribution in [0.5, 0.6) is 0 Å². The molecule has 1 aliphatic carbocycles. The van der Waals surface area contributed by atoms with Crippen molar-refractivity contribution >= 4 is 11.4 Å². The molecule has 0 bridgehead atoms. The molecule has 0 saturated heterocycles. The SMILES string of the molecule is CCC(CC)n1cc(-c2nc(-c3cnn([C@H]4C[C@@H](C(=O)N(C)C)C4)c3)cn3nccc23)cn1. The maximum Gasteiger partial charge on any atom is 0.225 e. The van der Waals surface area contributed by atoms with Gasteiger partial charge in [0.15, 0.2) is 0 Å². The lowest BCUT2D eigenvalue weighted by atomic mass is 9.79. The van der Waals surface area contributed by atoms with Gasteiger partial charge in [0.2, 0.25) is 5.91 Å². The maximum atomic E-state index is 12.2. The van der Waals surface area contributed by atoms with E-state index in [2.05, 4.69) is 35.3 Å². The fourth-order valence-corrected chi connectivity index (χ4v) is 4.64. The van der Waals surface area contributed by atoms with Crippen LogP contribution in [0.3, 0.4) is 0 Å². The first-order chi connectivity index (χ1) is 16.0. The summed E-state index contributed by atoms with van der Waals surface area (Å²) in [5, 5.41) is 13.6. The van der Waals surface area contributed by atoms with E-state index in [0.29, 0.717) is 6.04 Å². The van der Waals surface area contributed by atoms with Crippen molar-refractivity contribution < 1.29 is 4.79 Å². The van der Waals surface area contributed by atoms with Gasteiger partial charge in [0.05, 0.1) is 53.8 Å². The first-order valence-corrected chi connectivity index (χ1v) is 11.6. The smallest absolute Gasteiger partial charge is 0.225 e. The summed E-state index contributed by atoms with van der Waals surface area (Å²) in [5.41, 5.74) is 4.52. The van der Waals surface area contributed by atoms with Gasteiger partial charge in [-0.05, 0) is 31.7 Å². The maximum absolute atomic E-state index is 12.2. The Hall–Kier alpha value is -3.49. The molecule has 0 spiro atoms. The Morgan fingerprint density at radius 2 is 1.82 bits per heavy atom. The van der Waals surface area contributed by atoms with E-state index < -0.39 is 0 Å². The topological polar surface area (TPSA) is 86.1 Å². The van der Waals surface area contributed by atoms with E-state index in [4.69, 9.17) is 4.98 Å². The van der Waals surface area contributed by atoms with E-state index in [-0.39, 0.29) is 17.9 Å². The number of carbonyl (C=O) groups excluding carboxylic acids is 1. The van der Waals surface area contributed by atoms with Crippen LogP contribution < -0.4 is 0 Å². The van der Waals surface area contributed by atoms with E-state index >= 15 is 0 Å². The summed E-state index contributed by atoms with van der Waals surface area (Å²) in [7, 11) is 3.62. The number of aromatic nitrogens is 7. The van der Waals surface area contributed by atoms with E-state index in [9.17, 15) is 4.79 Å². The van der Waals surface area contributed by atoms with Crippen molar-refractivity contribution in [1.82, 2.24) is 39.1 Å². The molecular weight excluding hydrogens is 416 g/mol. The molecule has 33 heavy (non-hydrogen) atoms. The van der Waals surface area contributed by atoms with E-state index in [1.54, 1.807) is 11.1 Å². The van der Waals surface area contributed by atoms with Crippen LogP contribution in [0.1, 0.15) is 51.6 Å². The minimum Gasteiger partial charge on any atom is -0.349 e. The van der Waals surface area contributed by atoms with Gasteiger partial charge in [-0.25, -0.2) is 9.50 Å². The molecule has 4 aromatic heterocycles. The molecule has 0 aliphatic heterocycles. The summed E-state index contributed by atoms with van der Waals surface area (Å²) in [6.45, 7) is 4.36. The van der Waals surface area contributed by atoms with Gasteiger partial charge in [-0.3, -0.25) is 14.2 Å². The predicted octanol–water partition coefficient (Wildman–Crippen LogP) is 3.86. The Labute approximate surface area is 193 Å². The molecule has 9 nitrogen and oxygen atoms in total. The van der Waals surface area contributed by atoms with E-state index in [0.717, 1.165) is 53.7 Å². The van der Waals surface area contributed by atoms with Gasteiger partial charge >= 0.3 is 0 Å². The fourth-order valence-electron chi connectivity index (χ4n) is 4.64. The number of rotatable bonds is 7. The predicted molar refractivity (Wildman–Crippen MR) is 126 cm³/mol. The van der Waals surface area contributed by atoms with Crippen LogP contribution in [-0.2, 0) is 4.79 Å². The zero-order chi connectivity index (χ0) is 23.1. The molecule has 0 N–H and O–H groups in total. The summed E-state index contributed by atoms with van der Waals surface area (Å²) in [4.78, 5) is 18.8. The minimum atomic E-state index is 0.0920. The van der Waals surface area contributed by atoms with Crippen LogP contribution in [0.2, 0.25) is 0 Å². The average Bonchev–Trinajstić information content (AvgIpc) is 3.53. The second-order valence-electron chi connectivity index (χ2n) is 9.08. The molecule has 172 valence electrons. The van der Waals surface area contributed by atoms with Crippen LogP contribution in [0.4, 0.5) is 0 Å². The molecule has 1 saturated carbocycles. The molecule has 1 fully saturated rings. The first-order valence-electron chi connectivity index (χ1n) is 11.6. The van der Waals surface area contributed by atoms with E-state index in [1.165, 1.54) is 0 Å². The fraction of sp³-hybridized carbons (Fsp3) is 0.458. The lowest BCUT2D eigenvalue weighted by Crippen LogP contribution is -2.39. The molecule has 0 unspecified atom stereocenters. The van der Waals surface area contributed by atoms with Crippen molar-refractivity contribution in [3.05, 3.63) is 43.2 Å². The van der Waals surface area contributed by atoms with Gasteiger partial charge in [-0.15, -0.1) is 0 Å². The zero-order valence-corrected chi connectivity index (χ0v) is 19.6. The summed E-state index contributed by atoms with van der Waals surface area (Å²) < 4.78 is 5.86. The number of amides is 1. The molecule has 5 rings (SSSR count). The van der Waals surface area contributed by atoms with Crippen LogP contribution in [0.15, 0.2) is 43.2 Å². The molecule has 9 heteroatoms. The number of hydrogen-bond donors (Lipinski definition) is 0. The van der Waals surface area contributed by atoms with Crippen LogP contribution >= 0.6 is 0 Å². The van der Waals surface area contributed by atoms with Crippen molar-refractivity contribution in [1.29, 1.82) is 0 Å². The highest BCUT2D eigenvalue weighted by Gasteiger charge is 2.36. The molecule has 4 heterocycles. The van der Waals surface area contributed by atoms with Crippen molar-refractivity contribution in [2.45, 2.75) is 51.6 Å². The molecule has 0 radical (unpaired) electrons. The summed E-state index contributed by atoms with van der Waals surface area (Å²) in [6.07, 6.45) is 15.3. The number of carbonyl (C=O) groups is 1. The Bertz CT molecular complexity index is 1270. The molecule has 0 aromatic carbocycles. The van der Waals surface area contributed by atoms with Crippen molar-refractivity contribution in [3.63, 3.8) is 0 Å². The van der Waals surface area contributed by atoms with Crippen molar-refractivity contribution in [3.8, 4) is 22.5 Å². The van der Waals surface area contributed by atoms with Crippen LogP contribution in [0.25, 0.3) is 28.0 Å². The van der Waals surface area contributed by atoms with Gasteiger partial charge in [-0.2, -0.15) is 15.3 Å². The summed E-state index contributed by atoms with van der Waals surface area (Å²) in [6, 6.07) is 2.60. The molecule has 0 atom stereocenters. The normalized spacial score (nSPS) is 18.1. The third-order valence-corrected chi connectivity index (χ3v) is 6.76. The lowest BCUT2D eigenvalue weighted by molar-refractivity contribution is -0.137. The van der Waals surface area contributed by atoms with Gasteiger partial charge in [-0.1, -0.05) is 13.8 Å². The molecular formula is C24H30N8O. The monoisotopic (exact) mass is 446 g/mol. The number of nitrogens with zero attached hydrogens (tertiary/aromatic N) is 8. The summed E-state index contributed by atoms with van der Waals surface area (Å²) >= 11 is 0. The summed E-state index contributed by atoms with van der Waals surface area (Å²) in [5.74, 6) is 0.289. The van der Waals surface area contributed by atoms with E-state index in [1.807, 2.05) is 58.8 Å². The van der Waals surface area contributed by atoms with Crippen molar-refractivity contribution in [2.75, 3.05) is 14.1 Å². The minimum absolute atomic E-state index is 0.0920. The quantitative estimate of drug-likeness (QED) is 0.430. The first kappa shape index (κ1) is 21.4.